The lowest BCUT2D eigenvalue weighted by Crippen LogP contribution is -2.43. The Labute approximate surface area is 164 Å². The fourth-order valence-electron chi connectivity index (χ4n) is 2.94. The zero-order valence-corrected chi connectivity index (χ0v) is 19.6. The van der Waals surface area contributed by atoms with Gasteiger partial charge in [0.1, 0.15) is 0 Å². The zero-order valence-electron chi connectivity index (χ0n) is 17.0. The van der Waals surface area contributed by atoms with Crippen molar-refractivity contribution in [3.63, 3.8) is 0 Å². The van der Waals surface area contributed by atoms with Gasteiger partial charge in [0.15, 0.2) is 8.32 Å². The maximum Gasteiger partial charge on any atom is 0.305 e. The van der Waals surface area contributed by atoms with Gasteiger partial charge in [-0.1, -0.05) is 56.0 Å². The summed E-state index contributed by atoms with van der Waals surface area (Å²) in [6, 6.07) is 0. The molecule has 5 heteroatoms. The molecule has 1 aliphatic rings. The van der Waals surface area contributed by atoms with Crippen LogP contribution in [0.2, 0.25) is 18.1 Å². The molecule has 1 aliphatic carbocycles. The largest absolute Gasteiger partial charge is 0.469 e. The molecule has 0 aromatic heterocycles. The number of rotatable bonds is 10. The van der Waals surface area contributed by atoms with Crippen LogP contribution in [0.3, 0.4) is 0 Å². The first-order chi connectivity index (χ1) is 11.6. The Kier molecular flexibility index (Phi) is 9.41. The Morgan fingerprint density at radius 1 is 1.16 bits per heavy atom. The Balaban J connectivity index is 2.36. The van der Waals surface area contributed by atoms with E-state index in [2.05, 4.69) is 54.5 Å². The minimum absolute atomic E-state index is 0.0920. The molecular formula is C20H37BrO3Si. The van der Waals surface area contributed by atoms with Crippen molar-refractivity contribution in [2.24, 2.45) is 0 Å². The van der Waals surface area contributed by atoms with Crippen molar-refractivity contribution in [2.75, 3.05) is 7.11 Å². The predicted molar refractivity (Wildman–Crippen MR) is 112 cm³/mol. The molecule has 0 radical (unpaired) electrons. The standard InChI is InChI=1S/C20H37BrO3Si/c1-20(2,3)25(5,6)24-18-15-14-17(21)16(18)12-10-8-7-9-11-13-19(22)23-4/h18H,7-15H2,1-6H3. The van der Waals surface area contributed by atoms with Gasteiger partial charge < -0.3 is 9.16 Å². The number of halogens is 1. The van der Waals surface area contributed by atoms with Crippen molar-refractivity contribution >= 4 is 30.2 Å². The number of methoxy groups -OCH3 is 1. The molecule has 1 unspecified atom stereocenters. The molecule has 0 saturated heterocycles. The van der Waals surface area contributed by atoms with Crippen LogP contribution in [-0.2, 0) is 14.0 Å². The average Bonchev–Trinajstić information content (AvgIpc) is 2.84. The number of hydrogen-bond acceptors (Lipinski definition) is 3. The molecule has 0 aliphatic heterocycles. The molecule has 0 N–H and O–H groups in total. The van der Waals surface area contributed by atoms with E-state index in [1.165, 1.54) is 36.4 Å². The molecule has 3 nitrogen and oxygen atoms in total. The van der Waals surface area contributed by atoms with E-state index in [-0.39, 0.29) is 11.0 Å². The Bertz CT molecular complexity index is 466. The first kappa shape index (κ1) is 22.9. The number of unbranched alkanes of at least 4 members (excludes halogenated alkanes) is 4. The van der Waals surface area contributed by atoms with Crippen LogP contribution < -0.4 is 0 Å². The average molecular weight is 434 g/mol. The van der Waals surface area contributed by atoms with Crippen molar-refractivity contribution in [3.8, 4) is 0 Å². The van der Waals surface area contributed by atoms with E-state index in [4.69, 9.17) is 4.43 Å². The molecular weight excluding hydrogens is 396 g/mol. The van der Waals surface area contributed by atoms with E-state index in [0.717, 1.165) is 32.1 Å². The maximum atomic E-state index is 11.1. The van der Waals surface area contributed by atoms with Gasteiger partial charge in [0.2, 0.25) is 0 Å². The minimum Gasteiger partial charge on any atom is -0.469 e. The van der Waals surface area contributed by atoms with Gasteiger partial charge >= 0.3 is 5.97 Å². The molecule has 0 bridgehead atoms. The molecule has 0 heterocycles. The summed E-state index contributed by atoms with van der Waals surface area (Å²) in [6.07, 6.45) is 9.92. The number of carbonyl (C=O) groups excluding carboxylic acids is 1. The number of hydrogen-bond donors (Lipinski definition) is 0. The highest BCUT2D eigenvalue weighted by atomic mass is 79.9. The highest BCUT2D eigenvalue weighted by molar-refractivity contribution is 9.11. The van der Waals surface area contributed by atoms with Gasteiger partial charge in [-0.05, 0) is 60.3 Å². The highest BCUT2D eigenvalue weighted by Gasteiger charge is 2.40. The topological polar surface area (TPSA) is 35.5 Å². The summed E-state index contributed by atoms with van der Waals surface area (Å²) in [5.74, 6) is -0.0920. The Morgan fingerprint density at radius 2 is 1.76 bits per heavy atom. The van der Waals surface area contributed by atoms with Crippen molar-refractivity contribution in [1.82, 2.24) is 0 Å². The molecule has 0 aromatic rings. The normalized spacial score (nSPS) is 18.8. The monoisotopic (exact) mass is 432 g/mol. The van der Waals surface area contributed by atoms with Gasteiger partial charge in [-0.3, -0.25) is 4.79 Å². The van der Waals surface area contributed by atoms with Crippen LogP contribution in [0.1, 0.15) is 78.6 Å². The second-order valence-electron chi connectivity index (χ2n) is 8.68. The molecule has 0 amide bonds. The summed E-state index contributed by atoms with van der Waals surface area (Å²) in [7, 11) is -0.264. The third-order valence-corrected chi connectivity index (χ3v) is 11.1. The Hall–Kier alpha value is -0.133. The van der Waals surface area contributed by atoms with Gasteiger partial charge in [-0.15, -0.1) is 0 Å². The summed E-state index contributed by atoms with van der Waals surface area (Å²) in [4.78, 5) is 11.1. The van der Waals surface area contributed by atoms with Crippen molar-refractivity contribution in [1.29, 1.82) is 0 Å². The maximum absolute atomic E-state index is 11.1. The van der Waals surface area contributed by atoms with Crippen LogP contribution in [0.5, 0.6) is 0 Å². The smallest absolute Gasteiger partial charge is 0.305 e. The van der Waals surface area contributed by atoms with Crippen LogP contribution in [-0.4, -0.2) is 27.5 Å². The van der Waals surface area contributed by atoms with E-state index in [0.29, 0.717) is 12.5 Å². The lowest BCUT2D eigenvalue weighted by molar-refractivity contribution is -0.140. The van der Waals surface area contributed by atoms with E-state index >= 15 is 0 Å². The molecule has 1 atom stereocenters. The molecule has 0 aromatic carbocycles. The van der Waals surface area contributed by atoms with E-state index in [1.54, 1.807) is 0 Å². The van der Waals surface area contributed by atoms with Crippen LogP contribution in [0.4, 0.5) is 0 Å². The quantitative estimate of drug-likeness (QED) is 0.218. The number of carbonyl (C=O) groups is 1. The second-order valence-corrected chi connectivity index (χ2v) is 14.4. The Morgan fingerprint density at radius 3 is 2.36 bits per heavy atom. The third kappa shape index (κ3) is 7.55. The second kappa shape index (κ2) is 10.3. The van der Waals surface area contributed by atoms with Gasteiger partial charge in [0.25, 0.3) is 0 Å². The van der Waals surface area contributed by atoms with Crippen molar-refractivity contribution in [2.45, 2.75) is 103 Å². The van der Waals surface area contributed by atoms with Crippen LogP contribution >= 0.6 is 15.9 Å². The lowest BCUT2D eigenvalue weighted by Gasteiger charge is -2.39. The first-order valence-corrected chi connectivity index (χ1v) is 13.4. The van der Waals surface area contributed by atoms with Crippen LogP contribution in [0.15, 0.2) is 10.1 Å². The van der Waals surface area contributed by atoms with Gasteiger partial charge in [-0.25, -0.2) is 0 Å². The van der Waals surface area contributed by atoms with E-state index < -0.39 is 8.32 Å². The minimum atomic E-state index is -1.72. The molecule has 25 heavy (non-hydrogen) atoms. The number of esters is 1. The molecule has 0 fully saturated rings. The summed E-state index contributed by atoms with van der Waals surface area (Å²) in [5, 5.41) is 0.257. The van der Waals surface area contributed by atoms with Crippen LogP contribution in [0.25, 0.3) is 0 Å². The highest BCUT2D eigenvalue weighted by Crippen LogP contribution is 2.42. The summed E-state index contributed by atoms with van der Waals surface area (Å²) in [6.45, 7) is 11.6. The van der Waals surface area contributed by atoms with Crippen LogP contribution in [0, 0.1) is 0 Å². The summed E-state index contributed by atoms with van der Waals surface area (Å²) >= 11 is 3.78. The van der Waals surface area contributed by atoms with Gasteiger partial charge in [0.05, 0.1) is 13.2 Å². The van der Waals surface area contributed by atoms with Gasteiger partial charge in [0, 0.05) is 6.42 Å². The number of allylic oxidation sites excluding steroid dienone is 1. The molecule has 0 spiro atoms. The summed E-state index contributed by atoms with van der Waals surface area (Å²) in [5.41, 5.74) is 1.50. The first-order valence-electron chi connectivity index (χ1n) is 9.70. The fourth-order valence-corrected chi connectivity index (χ4v) is 4.95. The van der Waals surface area contributed by atoms with Gasteiger partial charge in [-0.2, -0.15) is 0 Å². The van der Waals surface area contributed by atoms with Crippen molar-refractivity contribution < 1.29 is 14.0 Å². The predicted octanol–water partition coefficient (Wildman–Crippen LogP) is 6.72. The van der Waals surface area contributed by atoms with E-state index in [1.807, 2.05) is 0 Å². The summed E-state index contributed by atoms with van der Waals surface area (Å²) < 4.78 is 12.7. The molecule has 0 saturated carbocycles. The SMILES string of the molecule is COC(=O)CCCCCCCC1=C(Br)CCC1O[Si](C)(C)C(C)(C)C. The molecule has 146 valence electrons. The van der Waals surface area contributed by atoms with E-state index in [9.17, 15) is 4.79 Å². The third-order valence-electron chi connectivity index (χ3n) is 5.66. The zero-order chi connectivity index (χ0) is 19.1. The van der Waals surface area contributed by atoms with Crippen molar-refractivity contribution in [3.05, 3.63) is 10.1 Å². The number of ether oxygens (including phenoxy) is 1. The lowest BCUT2D eigenvalue weighted by atomic mass is 10.0. The fraction of sp³-hybridized carbons (Fsp3) is 0.850. The molecule has 1 rings (SSSR count).